The van der Waals surface area contributed by atoms with Crippen LogP contribution in [0.4, 0.5) is 0 Å². The first-order chi connectivity index (χ1) is 12.6. The summed E-state index contributed by atoms with van der Waals surface area (Å²) in [5, 5.41) is 21.4. The third kappa shape index (κ3) is 2.40. The van der Waals surface area contributed by atoms with Gasteiger partial charge in [0.15, 0.2) is 11.5 Å². The van der Waals surface area contributed by atoms with E-state index < -0.39 is 0 Å². The number of benzene rings is 2. The fourth-order valence-electron chi connectivity index (χ4n) is 3.11. The number of aromatic nitrogens is 2. The molecule has 0 spiro atoms. The summed E-state index contributed by atoms with van der Waals surface area (Å²) in [5.74, 6) is 0.331. The lowest BCUT2D eigenvalue weighted by Crippen LogP contribution is -1.95. The highest BCUT2D eigenvalue weighted by atomic mass is 35.5. The molecule has 0 unspecified atom stereocenters. The minimum atomic E-state index is 0.00257. The standard InChI is InChI=1S/C20H12ClN3O2/c1-26-18-8-13-11(6-7-23-16(13)9-17(18)25)19-12-4-2-3-5-15(12)24-20(21)14(19)10-22/h2-9,25H,1H3. The Bertz CT molecular complexity index is 1220. The topological polar surface area (TPSA) is 79.0 Å². The molecule has 4 rings (SSSR count). The van der Waals surface area contributed by atoms with Crippen LogP contribution in [-0.4, -0.2) is 22.2 Å². The zero-order chi connectivity index (χ0) is 18.3. The van der Waals surface area contributed by atoms with Crippen molar-refractivity contribution in [3.63, 3.8) is 0 Å². The van der Waals surface area contributed by atoms with Crippen molar-refractivity contribution in [1.82, 2.24) is 9.97 Å². The molecule has 0 saturated carbocycles. The lowest BCUT2D eigenvalue weighted by Gasteiger charge is -2.13. The van der Waals surface area contributed by atoms with Gasteiger partial charge >= 0.3 is 0 Å². The van der Waals surface area contributed by atoms with Crippen LogP contribution >= 0.6 is 11.6 Å². The number of hydrogen-bond acceptors (Lipinski definition) is 5. The van der Waals surface area contributed by atoms with Crippen molar-refractivity contribution in [2.75, 3.05) is 7.11 Å². The second-order valence-corrected chi connectivity index (χ2v) is 6.04. The number of phenolic OH excluding ortho intramolecular Hbond substituents is 1. The Balaban J connectivity index is 2.19. The molecule has 26 heavy (non-hydrogen) atoms. The number of fused-ring (bicyclic) bond motifs is 2. The van der Waals surface area contributed by atoms with Crippen LogP contribution in [0.2, 0.25) is 5.15 Å². The summed E-state index contributed by atoms with van der Waals surface area (Å²) in [5.41, 5.74) is 3.03. The van der Waals surface area contributed by atoms with Gasteiger partial charge < -0.3 is 9.84 Å². The van der Waals surface area contributed by atoms with Crippen LogP contribution in [0.5, 0.6) is 11.5 Å². The van der Waals surface area contributed by atoms with Crippen molar-refractivity contribution in [2.24, 2.45) is 0 Å². The fraction of sp³-hybridized carbons (Fsp3) is 0.0500. The van der Waals surface area contributed by atoms with Gasteiger partial charge in [-0.3, -0.25) is 4.98 Å². The van der Waals surface area contributed by atoms with Crippen molar-refractivity contribution in [1.29, 1.82) is 5.26 Å². The maximum Gasteiger partial charge on any atom is 0.161 e. The van der Waals surface area contributed by atoms with Crippen molar-refractivity contribution >= 4 is 33.4 Å². The number of para-hydroxylation sites is 1. The molecule has 0 aliphatic heterocycles. The summed E-state index contributed by atoms with van der Waals surface area (Å²) in [4.78, 5) is 8.64. The average molecular weight is 362 g/mol. The van der Waals surface area contributed by atoms with Crippen molar-refractivity contribution in [3.05, 3.63) is 59.4 Å². The first-order valence-corrected chi connectivity index (χ1v) is 8.16. The highest BCUT2D eigenvalue weighted by Gasteiger charge is 2.18. The van der Waals surface area contributed by atoms with E-state index in [1.807, 2.05) is 30.3 Å². The van der Waals surface area contributed by atoms with Crippen LogP contribution in [-0.2, 0) is 0 Å². The normalized spacial score (nSPS) is 10.8. The Labute approximate surface area is 154 Å². The highest BCUT2D eigenvalue weighted by molar-refractivity contribution is 6.32. The van der Waals surface area contributed by atoms with Crippen LogP contribution in [0, 0.1) is 11.3 Å². The molecule has 2 heterocycles. The Hall–Kier alpha value is -3.36. The van der Waals surface area contributed by atoms with Crippen LogP contribution in [0.3, 0.4) is 0 Å². The Morgan fingerprint density at radius 1 is 1.12 bits per heavy atom. The number of rotatable bonds is 2. The molecule has 0 aliphatic rings. The van der Waals surface area contributed by atoms with Crippen LogP contribution < -0.4 is 4.74 Å². The summed E-state index contributed by atoms with van der Waals surface area (Å²) >= 11 is 6.28. The molecule has 0 amide bonds. The van der Waals surface area contributed by atoms with Crippen LogP contribution in [0.1, 0.15) is 5.56 Å². The van der Waals surface area contributed by atoms with Crippen molar-refractivity contribution in [2.45, 2.75) is 0 Å². The van der Waals surface area contributed by atoms with Crippen LogP contribution in [0.15, 0.2) is 48.7 Å². The molecule has 0 saturated heterocycles. The van der Waals surface area contributed by atoms with Gasteiger partial charge in [0, 0.05) is 28.6 Å². The Morgan fingerprint density at radius 2 is 1.92 bits per heavy atom. The summed E-state index contributed by atoms with van der Waals surface area (Å²) in [6, 6.07) is 14.7. The molecule has 1 N–H and O–H groups in total. The van der Waals surface area contributed by atoms with Gasteiger partial charge in [-0.05, 0) is 23.8 Å². The van der Waals surface area contributed by atoms with Crippen LogP contribution in [0.25, 0.3) is 32.9 Å². The first kappa shape index (κ1) is 16.1. The maximum atomic E-state index is 10.0. The summed E-state index contributed by atoms with van der Waals surface area (Å²) in [6.07, 6.45) is 1.63. The maximum absolute atomic E-state index is 10.0. The van der Waals surface area contributed by atoms with E-state index in [4.69, 9.17) is 16.3 Å². The molecule has 2 aromatic carbocycles. The molecule has 5 nitrogen and oxygen atoms in total. The minimum Gasteiger partial charge on any atom is -0.504 e. The number of aromatic hydroxyl groups is 1. The molecule has 0 fully saturated rings. The number of nitrogens with zero attached hydrogens (tertiary/aromatic N) is 3. The second kappa shape index (κ2) is 6.17. The molecule has 0 bridgehead atoms. The number of nitriles is 1. The SMILES string of the molecule is COc1cc2c(-c3c(C#N)c(Cl)nc4ccccc34)ccnc2cc1O. The quantitative estimate of drug-likeness (QED) is 0.524. The predicted octanol–water partition coefficient (Wildman–Crippen LogP) is 4.69. The third-order valence-corrected chi connectivity index (χ3v) is 4.55. The number of phenols is 1. The van der Waals surface area contributed by atoms with Gasteiger partial charge in [0.05, 0.1) is 23.7 Å². The van der Waals surface area contributed by atoms with Gasteiger partial charge in [0.2, 0.25) is 0 Å². The van der Waals surface area contributed by atoms with Gasteiger partial charge in [-0.15, -0.1) is 0 Å². The largest absolute Gasteiger partial charge is 0.504 e. The molecule has 0 radical (unpaired) electrons. The van der Waals surface area contributed by atoms with Gasteiger partial charge in [-0.2, -0.15) is 5.26 Å². The van der Waals surface area contributed by atoms with E-state index in [-0.39, 0.29) is 10.9 Å². The van der Waals surface area contributed by atoms with E-state index in [2.05, 4.69) is 16.0 Å². The van der Waals surface area contributed by atoms with E-state index in [1.54, 1.807) is 12.3 Å². The minimum absolute atomic E-state index is 0.00257. The second-order valence-electron chi connectivity index (χ2n) is 5.68. The number of halogens is 1. The van der Waals surface area contributed by atoms with Gasteiger partial charge in [0.1, 0.15) is 11.2 Å². The third-order valence-electron chi connectivity index (χ3n) is 4.27. The summed E-state index contributed by atoms with van der Waals surface area (Å²) < 4.78 is 5.23. The smallest absolute Gasteiger partial charge is 0.161 e. The van der Waals surface area contributed by atoms with E-state index in [9.17, 15) is 10.4 Å². The first-order valence-electron chi connectivity index (χ1n) is 7.78. The molecule has 0 atom stereocenters. The van der Waals surface area contributed by atoms with Gasteiger partial charge in [-0.1, -0.05) is 29.8 Å². The van der Waals surface area contributed by atoms with Gasteiger partial charge in [-0.25, -0.2) is 4.98 Å². The molecule has 6 heteroatoms. The van der Waals surface area contributed by atoms with Crippen molar-refractivity contribution < 1.29 is 9.84 Å². The fourth-order valence-corrected chi connectivity index (χ4v) is 3.33. The lowest BCUT2D eigenvalue weighted by molar-refractivity contribution is 0.374. The number of pyridine rings is 2. The molecule has 126 valence electrons. The summed E-state index contributed by atoms with van der Waals surface area (Å²) in [7, 11) is 1.48. The molecular formula is C20H12ClN3O2. The number of methoxy groups -OCH3 is 1. The molecule has 0 aliphatic carbocycles. The van der Waals surface area contributed by atoms with Gasteiger partial charge in [0.25, 0.3) is 0 Å². The Morgan fingerprint density at radius 3 is 2.69 bits per heavy atom. The molecular weight excluding hydrogens is 350 g/mol. The van der Waals surface area contributed by atoms with E-state index in [1.165, 1.54) is 13.2 Å². The zero-order valence-corrected chi connectivity index (χ0v) is 14.4. The predicted molar refractivity (Wildman–Crippen MR) is 100 cm³/mol. The summed E-state index contributed by atoms with van der Waals surface area (Å²) in [6.45, 7) is 0. The molecule has 4 aromatic rings. The molecule has 2 aromatic heterocycles. The Kier molecular flexibility index (Phi) is 3.83. The number of ether oxygens (including phenoxy) is 1. The van der Waals surface area contributed by atoms with E-state index >= 15 is 0 Å². The van der Waals surface area contributed by atoms with Crippen molar-refractivity contribution in [3.8, 4) is 28.7 Å². The zero-order valence-electron chi connectivity index (χ0n) is 13.7. The number of hydrogen-bond donors (Lipinski definition) is 1. The lowest BCUT2D eigenvalue weighted by atomic mass is 9.94. The van der Waals surface area contributed by atoms with E-state index in [0.717, 1.165) is 16.3 Å². The average Bonchev–Trinajstić information content (AvgIpc) is 2.65. The van der Waals surface area contributed by atoms with E-state index in [0.29, 0.717) is 27.9 Å². The highest BCUT2D eigenvalue weighted by Crippen LogP contribution is 2.40. The monoisotopic (exact) mass is 361 g/mol.